The van der Waals surface area contributed by atoms with Crippen LogP contribution in [0.5, 0.6) is 0 Å². The number of hydrogen-bond acceptors (Lipinski definition) is 6. The van der Waals surface area contributed by atoms with Gasteiger partial charge in [-0.1, -0.05) is 12.1 Å². The number of hydrogen-bond donors (Lipinski definition) is 4. The highest BCUT2D eigenvalue weighted by molar-refractivity contribution is 5.89. The Hall–Kier alpha value is -2.41. The molecule has 100 valence electrons. The molecule has 7 heteroatoms. The van der Waals surface area contributed by atoms with Crippen LogP contribution in [0, 0.1) is 0 Å². The summed E-state index contributed by atoms with van der Waals surface area (Å²) < 4.78 is 0. The molecule has 19 heavy (non-hydrogen) atoms. The summed E-state index contributed by atoms with van der Waals surface area (Å²) in [4.78, 5) is 19.2. The van der Waals surface area contributed by atoms with Gasteiger partial charge in [0.15, 0.2) is 0 Å². The van der Waals surface area contributed by atoms with Crippen molar-refractivity contribution in [2.75, 3.05) is 17.3 Å². The second kappa shape index (κ2) is 5.96. The first kappa shape index (κ1) is 13.0. The lowest BCUT2D eigenvalue weighted by atomic mass is 10.2. The van der Waals surface area contributed by atoms with Gasteiger partial charge in [0.05, 0.1) is 5.52 Å². The van der Waals surface area contributed by atoms with Crippen molar-refractivity contribution in [1.29, 1.82) is 0 Å². The number of rotatable bonds is 6. The molecule has 0 saturated carbocycles. The molecule has 0 radical (unpaired) electrons. The molecule has 0 bridgehead atoms. The van der Waals surface area contributed by atoms with Crippen LogP contribution in [0.4, 0.5) is 11.8 Å². The third-order valence-corrected chi connectivity index (χ3v) is 2.62. The Morgan fingerprint density at radius 2 is 2.05 bits per heavy atom. The maximum atomic E-state index is 10.7. The highest BCUT2D eigenvalue weighted by atomic mass is 16.1. The molecule has 0 aliphatic carbocycles. The SMILES string of the molecule is NNc1nc(NCCCC(N)=O)c2ccccc2n1. The molecule has 0 unspecified atom stereocenters. The van der Waals surface area contributed by atoms with Gasteiger partial charge < -0.3 is 11.1 Å². The van der Waals surface area contributed by atoms with Gasteiger partial charge in [-0.2, -0.15) is 4.98 Å². The van der Waals surface area contributed by atoms with Gasteiger partial charge >= 0.3 is 0 Å². The average Bonchev–Trinajstić information content (AvgIpc) is 2.42. The number of nitrogens with one attached hydrogen (secondary N) is 2. The molecule has 1 aromatic heterocycles. The van der Waals surface area contributed by atoms with Crippen LogP contribution in [0.1, 0.15) is 12.8 Å². The second-order valence-electron chi connectivity index (χ2n) is 4.05. The zero-order valence-corrected chi connectivity index (χ0v) is 10.4. The molecular weight excluding hydrogens is 244 g/mol. The van der Waals surface area contributed by atoms with Gasteiger partial charge in [0.2, 0.25) is 11.9 Å². The van der Waals surface area contributed by atoms with Crippen molar-refractivity contribution in [1.82, 2.24) is 9.97 Å². The number of benzene rings is 1. The van der Waals surface area contributed by atoms with Crippen molar-refractivity contribution in [3.63, 3.8) is 0 Å². The predicted molar refractivity (Wildman–Crippen MR) is 74.3 cm³/mol. The number of hydrazine groups is 1. The van der Waals surface area contributed by atoms with Crippen molar-refractivity contribution in [2.24, 2.45) is 11.6 Å². The van der Waals surface area contributed by atoms with Crippen molar-refractivity contribution in [3.05, 3.63) is 24.3 Å². The summed E-state index contributed by atoms with van der Waals surface area (Å²) in [6.45, 7) is 0.605. The Labute approximate surface area is 110 Å². The van der Waals surface area contributed by atoms with E-state index in [0.29, 0.717) is 31.2 Å². The van der Waals surface area contributed by atoms with Crippen molar-refractivity contribution >= 4 is 28.6 Å². The Kier molecular flexibility index (Phi) is 4.09. The largest absolute Gasteiger partial charge is 0.370 e. The third-order valence-electron chi connectivity index (χ3n) is 2.62. The van der Waals surface area contributed by atoms with E-state index in [1.54, 1.807) is 0 Å². The molecule has 1 amide bonds. The first-order valence-electron chi connectivity index (χ1n) is 5.96. The minimum atomic E-state index is -0.307. The molecule has 6 N–H and O–H groups in total. The first-order chi connectivity index (χ1) is 9.20. The topological polar surface area (TPSA) is 119 Å². The molecule has 0 fully saturated rings. The van der Waals surface area contributed by atoms with Gasteiger partial charge in [0.1, 0.15) is 5.82 Å². The van der Waals surface area contributed by atoms with E-state index >= 15 is 0 Å². The highest BCUT2D eigenvalue weighted by Crippen LogP contribution is 2.21. The molecule has 0 atom stereocenters. The third kappa shape index (κ3) is 3.29. The van der Waals surface area contributed by atoms with Crippen LogP contribution < -0.4 is 22.3 Å². The quantitative estimate of drug-likeness (QED) is 0.343. The van der Waals surface area contributed by atoms with Gasteiger partial charge in [-0.25, -0.2) is 10.8 Å². The summed E-state index contributed by atoms with van der Waals surface area (Å²) in [5.41, 5.74) is 8.32. The fourth-order valence-electron chi connectivity index (χ4n) is 1.75. The Balaban J connectivity index is 2.18. The molecule has 0 saturated heterocycles. The number of carbonyl (C=O) groups is 1. The van der Waals surface area contributed by atoms with Crippen molar-refractivity contribution in [2.45, 2.75) is 12.8 Å². The van der Waals surface area contributed by atoms with E-state index in [0.717, 1.165) is 10.9 Å². The molecule has 0 spiro atoms. The summed E-state index contributed by atoms with van der Waals surface area (Å²) in [6.07, 6.45) is 0.997. The highest BCUT2D eigenvalue weighted by Gasteiger charge is 2.06. The standard InChI is InChI=1S/C12H16N6O/c13-10(19)6-3-7-15-11-8-4-1-2-5-9(8)16-12(17-11)18-14/h1-2,4-5H,3,6-7,14H2,(H2,13,19)(H2,15,16,17,18). The number of primary amides is 1. The van der Waals surface area contributed by atoms with E-state index in [1.807, 2.05) is 24.3 Å². The average molecular weight is 260 g/mol. The van der Waals surface area contributed by atoms with Crippen LogP contribution in [0.25, 0.3) is 10.9 Å². The monoisotopic (exact) mass is 260 g/mol. The number of nitrogens with zero attached hydrogens (tertiary/aromatic N) is 2. The van der Waals surface area contributed by atoms with Gasteiger partial charge in [-0.3, -0.25) is 10.2 Å². The summed E-state index contributed by atoms with van der Waals surface area (Å²) in [5.74, 6) is 6.06. The van der Waals surface area contributed by atoms with E-state index in [-0.39, 0.29) is 5.91 Å². The molecule has 2 rings (SSSR count). The normalized spacial score (nSPS) is 10.4. The minimum absolute atomic E-state index is 0.307. The van der Waals surface area contributed by atoms with E-state index in [9.17, 15) is 4.79 Å². The molecule has 1 heterocycles. The molecule has 1 aromatic carbocycles. The summed E-state index contributed by atoms with van der Waals surface area (Å²) in [6, 6.07) is 7.61. The minimum Gasteiger partial charge on any atom is -0.370 e. The van der Waals surface area contributed by atoms with E-state index in [2.05, 4.69) is 20.7 Å². The Morgan fingerprint density at radius 3 is 2.79 bits per heavy atom. The number of aromatic nitrogens is 2. The van der Waals surface area contributed by atoms with Crippen LogP contribution in [-0.4, -0.2) is 22.4 Å². The molecule has 2 aromatic rings. The first-order valence-corrected chi connectivity index (χ1v) is 5.96. The van der Waals surface area contributed by atoms with Gasteiger partial charge in [0.25, 0.3) is 0 Å². The summed E-state index contributed by atoms with van der Waals surface area (Å²) in [5, 5.41) is 4.07. The lowest BCUT2D eigenvalue weighted by Crippen LogP contribution is -2.14. The van der Waals surface area contributed by atoms with Crippen LogP contribution >= 0.6 is 0 Å². The van der Waals surface area contributed by atoms with E-state index in [4.69, 9.17) is 11.6 Å². The van der Waals surface area contributed by atoms with Crippen LogP contribution in [0.2, 0.25) is 0 Å². The van der Waals surface area contributed by atoms with E-state index < -0.39 is 0 Å². The van der Waals surface area contributed by atoms with Gasteiger partial charge in [-0.15, -0.1) is 0 Å². The predicted octanol–water partition coefficient (Wildman–Crippen LogP) is 0.593. The maximum Gasteiger partial charge on any atom is 0.239 e. The Morgan fingerprint density at radius 1 is 1.26 bits per heavy atom. The fourth-order valence-corrected chi connectivity index (χ4v) is 1.75. The molecular formula is C12H16N6O. The number of carbonyl (C=O) groups excluding carboxylic acids is 1. The van der Waals surface area contributed by atoms with Crippen LogP contribution in [0.3, 0.4) is 0 Å². The van der Waals surface area contributed by atoms with Gasteiger partial charge in [0, 0.05) is 18.4 Å². The summed E-state index contributed by atoms with van der Waals surface area (Å²) >= 11 is 0. The number of nitrogen functional groups attached to an aromatic ring is 1. The molecule has 0 aliphatic rings. The smallest absolute Gasteiger partial charge is 0.239 e. The number of amides is 1. The fraction of sp³-hybridized carbons (Fsp3) is 0.250. The molecule has 7 nitrogen and oxygen atoms in total. The van der Waals surface area contributed by atoms with Crippen LogP contribution in [-0.2, 0) is 4.79 Å². The zero-order chi connectivity index (χ0) is 13.7. The number of fused-ring (bicyclic) bond motifs is 1. The number of nitrogens with two attached hydrogens (primary N) is 2. The van der Waals surface area contributed by atoms with E-state index in [1.165, 1.54) is 0 Å². The van der Waals surface area contributed by atoms with Crippen LogP contribution in [0.15, 0.2) is 24.3 Å². The second-order valence-corrected chi connectivity index (χ2v) is 4.05. The van der Waals surface area contributed by atoms with Crippen molar-refractivity contribution in [3.8, 4) is 0 Å². The summed E-state index contributed by atoms with van der Waals surface area (Å²) in [7, 11) is 0. The van der Waals surface area contributed by atoms with Crippen molar-refractivity contribution < 1.29 is 4.79 Å². The Bertz CT molecular complexity index is 585. The lowest BCUT2D eigenvalue weighted by Gasteiger charge is -2.09. The number of para-hydroxylation sites is 1. The number of anilines is 2. The lowest BCUT2D eigenvalue weighted by molar-refractivity contribution is -0.118. The zero-order valence-electron chi connectivity index (χ0n) is 10.4. The maximum absolute atomic E-state index is 10.7. The molecule has 0 aliphatic heterocycles. The van der Waals surface area contributed by atoms with Gasteiger partial charge in [-0.05, 0) is 18.6 Å².